The molecule has 0 saturated heterocycles. The van der Waals surface area contributed by atoms with Crippen LogP contribution in [-0.2, 0) is 13.1 Å². The molecule has 2 aromatic rings. The molecule has 0 saturated carbocycles. The second-order valence-corrected chi connectivity index (χ2v) is 5.24. The number of rotatable bonds is 1. The average molecular weight is 308 g/mol. The quantitative estimate of drug-likeness (QED) is 0.880. The van der Waals surface area contributed by atoms with Gasteiger partial charge in [-0.15, -0.1) is 0 Å². The fraction of sp³-hybridized carbons (Fsp3) is 0.231. The van der Waals surface area contributed by atoms with Crippen molar-refractivity contribution in [3.63, 3.8) is 0 Å². The van der Waals surface area contributed by atoms with Crippen LogP contribution in [0.3, 0.4) is 0 Å². The van der Waals surface area contributed by atoms with E-state index in [2.05, 4.69) is 31.2 Å². The molecule has 1 aliphatic heterocycles. The zero-order valence-corrected chi connectivity index (χ0v) is 11.4. The molecule has 1 aliphatic rings. The molecule has 1 aromatic carbocycles. The molecule has 0 fully saturated rings. The van der Waals surface area contributed by atoms with Gasteiger partial charge in [0, 0.05) is 34.4 Å². The van der Waals surface area contributed by atoms with Gasteiger partial charge in [0.05, 0.1) is 5.69 Å². The molecule has 1 aromatic heterocycles. The number of nitrogens with zero attached hydrogens (tertiary/aromatic N) is 2. The van der Waals surface area contributed by atoms with Gasteiger partial charge in [-0.05, 0) is 25.1 Å². The Hall–Kier alpha value is -1.33. The minimum absolute atomic E-state index is 0.292. The van der Waals surface area contributed by atoms with E-state index in [4.69, 9.17) is 0 Å². The molecule has 1 N–H and O–H groups in total. The van der Waals surface area contributed by atoms with Gasteiger partial charge in [-0.25, -0.2) is 14.4 Å². The van der Waals surface area contributed by atoms with E-state index in [1.165, 1.54) is 12.1 Å². The number of benzene rings is 1. The van der Waals surface area contributed by atoms with Crippen LogP contribution < -0.4 is 5.32 Å². The fourth-order valence-corrected chi connectivity index (χ4v) is 2.61. The van der Waals surface area contributed by atoms with Crippen LogP contribution in [0.5, 0.6) is 0 Å². The van der Waals surface area contributed by atoms with Crippen molar-refractivity contribution in [2.75, 3.05) is 0 Å². The predicted molar refractivity (Wildman–Crippen MR) is 70.4 cm³/mol. The molecule has 3 nitrogen and oxygen atoms in total. The summed E-state index contributed by atoms with van der Waals surface area (Å²) in [7, 11) is 0. The zero-order valence-electron chi connectivity index (χ0n) is 9.80. The third-order valence-corrected chi connectivity index (χ3v) is 3.47. The normalized spacial score (nSPS) is 13.7. The highest BCUT2D eigenvalue weighted by Crippen LogP contribution is 2.25. The number of hydrogen-bond donors (Lipinski definition) is 1. The first kappa shape index (κ1) is 11.7. The Morgan fingerprint density at radius 2 is 2.06 bits per heavy atom. The van der Waals surface area contributed by atoms with Crippen LogP contribution >= 0.6 is 15.9 Å². The second kappa shape index (κ2) is 4.40. The fourth-order valence-electron chi connectivity index (χ4n) is 2.15. The largest absolute Gasteiger partial charge is 0.307 e. The lowest BCUT2D eigenvalue weighted by Gasteiger charge is -2.07. The van der Waals surface area contributed by atoms with Gasteiger partial charge in [-0.2, -0.15) is 0 Å². The van der Waals surface area contributed by atoms with Gasteiger partial charge >= 0.3 is 0 Å². The molecule has 0 bridgehead atoms. The minimum atomic E-state index is -0.292. The van der Waals surface area contributed by atoms with Crippen LogP contribution in [0.4, 0.5) is 4.39 Å². The maximum atomic E-state index is 13.4. The van der Waals surface area contributed by atoms with Crippen LogP contribution in [0.25, 0.3) is 11.4 Å². The molecule has 18 heavy (non-hydrogen) atoms. The smallest absolute Gasteiger partial charge is 0.159 e. The molecule has 0 spiro atoms. The van der Waals surface area contributed by atoms with Crippen molar-refractivity contribution < 1.29 is 4.39 Å². The molecule has 0 radical (unpaired) electrons. The molecular weight excluding hydrogens is 297 g/mol. The number of nitrogens with one attached hydrogen (secondary N) is 1. The monoisotopic (exact) mass is 307 g/mol. The number of hydrogen-bond acceptors (Lipinski definition) is 3. The number of halogens is 2. The molecule has 0 unspecified atom stereocenters. The molecule has 0 aliphatic carbocycles. The summed E-state index contributed by atoms with van der Waals surface area (Å²) in [5.41, 5.74) is 3.83. The van der Waals surface area contributed by atoms with Crippen LogP contribution in [-0.4, -0.2) is 9.97 Å². The standard InChI is InChI=1S/C13H11BrFN3/c1-7-11-5-16-6-12(11)18-13(17-7)8-2-9(14)4-10(15)3-8/h2-4,16H,5-6H2,1H3. The lowest BCUT2D eigenvalue weighted by Crippen LogP contribution is -2.00. The molecule has 5 heteroatoms. The topological polar surface area (TPSA) is 37.8 Å². The molecular formula is C13H11BrFN3. The molecule has 0 amide bonds. The Morgan fingerprint density at radius 3 is 2.83 bits per heavy atom. The van der Waals surface area contributed by atoms with Gasteiger partial charge in [0.25, 0.3) is 0 Å². The summed E-state index contributed by atoms with van der Waals surface area (Å²) in [5, 5.41) is 3.24. The summed E-state index contributed by atoms with van der Waals surface area (Å²) >= 11 is 3.28. The summed E-state index contributed by atoms with van der Waals surface area (Å²) in [6.07, 6.45) is 0. The Labute approximate surface area is 113 Å². The van der Waals surface area contributed by atoms with Gasteiger partial charge in [-0.1, -0.05) is 15.9 Å². The lowest BCUT2D eigenvalue weighted by atomic mass is 10.1. The van der Waals surface area contributed by atoms with E-state index in [1.807, 2.05) is 13.0 Å². The van der Waals surface area contributed by atoms with Crippen LogP contribution in [0.2, 0.25) is 0 Å². The van der Waals surface area contributed by atoms with Crippen LogP contribution in [0.1, 0.15) is 17.0 Å². The van der Waals surface area contributed by atoms with Gasteiger partial charge in [0.1, 0.15) is 5.82 Å². The predicted octanol–water partition coefficient (Wildman–Crippen LogP) is 2.96. The van der Waals surface area contributed by atoms with E-state index in [1.54, 1.807) is 0 Å². The van der Waals surface area contributed by atoms with Crippen molar-refractivity contribution in [1.29, 1.82) is 0 Å². The van der Waals surface area contributed by atoms with Crippen LogP contribution in [0.15, 0.2) is 22.7 Å². The van der Waals surface area contributed by atoms with Crippen molar-refractivity contribution >= 4 is 15.9 Å². The van der Waals surface area contributed by atoms with Crippen LogP contribution in [0, 0.1) is 12.7 Å². The molecule has 0 atom stereocenters. The van der Waals surface area contributed by atoms with Gasteiger partial charge in [0.2, 0.25) is 0 Å². The van der Waals surface area contributed by atoms with Crippen molar-refractivity contribution in [1.82, 2.24) is 15.3 Å². The number of aryl methyl sites for hydroxylation is 1. The molecule has 3 rings (SSSR count). The van der Waals surface area contributed by atoms with E-state index >= 15 is 0 Å². The van der Waals surface area contributed by atoms with Crippen molar-refractivity contribution in [3.8, 4) is 11.4 Å². The van der Waals surface area contributed by atoms with E-state index in [9.17, 15) is 4.39 Å². The number of fused-ring (bicyclic) bond motifs is 1. The Morgan fingerprint density at radius 1 is 1.22 bits per heavy atom. The first-order valence-corrected chi connectivity index (χ1v) is 6.46. The highest BCUT2D eigenvalue weighted by atomic mass is 79.9. The SMILES string of the molecule is Cc1nc(-c2cc(F)cc(Br)c2)nc2c1CNC2. The van der Waals surface area contributed by atoms with E-state index in [-0.39, 0.29) is 5.82 Å². The van der Waals surface area contributed by atoms with Crippen molar-refractivity contribution in [2.24, 2.45) is 0 Å². The highest BCUT2D eigenvalue weighted by Gasteiger charge is 2.17. The minimum Gasteiger partial charge on any atom is -0.307 e. The average Bonchev–Trinajstić information content (AvgIpc) is 2.76. The Kier molecular flexibility index (Phi) is 2.87. The van der Waals surface area contributed by atoms with Gasteiger partial charge < -0.3 is 5.32 Å². The molecule has 92 valence electrons. The van der Waals surface area contributed by atoms with E-state index in [0.717, 1.165) is 30.0 Å². The maximum Gasteiger partial charge on any atom is 0.159 e. The van der Waals surface area contributed by atoms with Crippen molar-refractivity contribution in [3.05, 3.63) is 45.4 Å². The van der Waals surface area contributed by atoms with Crippen molar-refractivity contribution in [2.45, 2.75) is 20.0 Å². The summed E-state index contributed by atoms with van der Waals surface area (Å²) < 4.78 is 14.1. The van der Waals surface area contributed by atoms with E-state index in [0.29, 0.717) is 15.9 Å². The first-order valence-electron chi connectivity index (χ1n) is 5.67. The number of aromatic nitrogens is 2. The van der Waals surface area contributed by atoms with Gasteiger partial charge in [-0.3, -0.25) is 0 Å². The lowest BCUT2D eigenvalue weighted by molar-refractivity contribution is 0.627. The highest BCUT2D eigenvalue weighted by molar-refractivity contribution is 9.10. The Balaban J connectivity index is 2.15. The van der Waals surface area contributed by atoms with E-state index < -0.39 is 0 Å². The zero-order chi connectivity index (χ0) is 12.7. The summed E-state index contributed by atoms with van der Waals surface area (Å²) in [6, 6.07) is 4.70. The Bertz CT molecular complexity index is 608. The summed E-state index contributed by atoms with van der Waals surface area (Å²) in [5.74, 6) is 0.286. The summed E-state index contributed by atoms with van der Waals surface area (Å²) in [4.78, 5) is 8.96. The summed E-state index contributed by atoms with van der Waals surface area (Å²) in [6.45, 7) is 3.53. The third kappa shape index (κ3) is 2.04. The molecule has 2 heterocycles. The third-order valence-electron chi connectivity index (χ3n) is 3.01. The van der Waals surface area contributed by atoms with Gasteiger partial charge in [0.15, 0.2) is 5.82 Å². The maximum absolute atomic E-state index is 13.4. The first-order chi connectivity index (χ1) is 8.63. The second-order valence-electron chi connectivity index (χ2n) is 4.32.